The average Bonchev–Trinajstić information content (AvgIpc) is 2.62. The Kier molecular flexibility index (Phi) is 3.69. The van der Waals surface area contributed by atoms with E-state index in [1.54, 1.807) is 0 Å². The molecule has 2 nitrogen and oxygen atoms in total. The van der Waals surface area contributed by atoms with Gasteiger partial charge in [-0.15, -0.1) is 0 Å². The first kappa shape index (κ1) is 13.6. The summed E-state index contributed by atoms with van der Waals surface area (Å²) < 4.78 is 0. The van der Waals surface area contributed by atoms with E-state index in [9.17, 15) is 0 Å². The fourth-order valence-corrected chi connectivity index (χ4v) is 2.45. The van der Waals surface area contributed by atoms with Crippen LogP contribution < -0.4 is 0 Å². The van der Waals surface area contributed by atoms with Crippen LogP contribution in [0.1, 0.15) is 11.1 Å². The maximum atomic E-state index is 9.15. The first-order valence-electron chi connectivity index (χ1n) is 6.92. The van der Waals surface area contributed by atoms with Gasteiger partial charge in [0.05, 0.1) is 23.3 Å². The highest BCUT2D eigenvalue weighted by Crippen LogP contribution is 2.33. The number of nitriles is 2. The van der Waals surface area contributed by atoms with Gasteiger partial charge < -0.3 is 0 Å². The highest BCUT2D eigenvalue weighted by molar-refractivity contribution is 5.84. The molecule has 0 unspecified atom stereocenters. The summed E-state index contributed by atoms with van der Waals surface area (Å²) in [5.41, 5.74) is 5.44. The molecule has 22 heavy (non-hydrogen) atoms. The molecule has 3 aromatic carbocycles. The Morgan fingerprint density at radius 2 is 1.14 bits per heavy atom. The minimum atomic E-state index is 0.635. The Morgan fingerprint density at radius 1 is 0.545 bits per heavy atom. The van der Waals surface area contributed by atoms with Gasteiger partial charge in [-0.3, -0.25) is 0 Å². The quantitative estimate of drug-likeness (QED) is 0.679. The molecule has 2 heteroatoms. The number of hydrogen-bond acceptors (Lipinski definition) is 2. The standard InChI is InChI=1S/C20H12N2/c21-13-15-6-9-18(10-7-15)19-11-8-16(14-22)12-20(19)17-4-2-1-3-5-17/h1-12H. The van der Waals surface area contributed by atoms with Crippen LogP contribution in [0.15, 0.2) is 72.8 Å². The highest BCUT2D eigenvalue weighted by Gasteiger charge is 2.08. The van der Waals surface area contributed by atoms with E-state index in [4.69, 9.17) is 10.5 Å². The third kappa shape index (κ3) is 2.59. The number of benzene rings is 3. The largest absolute Gasteiger partial charge is 0.192 e. The topological polar surface area (TPSA) is 47.6 Å². The molecule has 0 aliphatic rings. The summed E-state index contributed by atoms with van der Waals surface area (Å²) in [7, 11) is 0. The molecule has 0 atom stereocenters. The zero-order chi connectivity index (χ0) is 15.4. The second-order valence-corrected chi connectivity index (χ2v) is 4.93. The molecule has 0 saturated heterocycles. The molecule has 0 N–H and O–H groups in total. The molecule has 0 aromatic heterocycles. The van der Waals surface area contributed by atoms with Gasteiger partial charge >= 0.3 is 0 Å². The zero-order valence-electron chi connectivity index (χ0n) is 11.8. The minimum Gasteiger partial charge on any atom is -0.192 e. The zero-order valence-corrected chi connectivity index (χ0v) is 11.8. The van der Waals surface area contributed by atoms with E-state index in [1.807, 2.05) is 72.8 Å². The Hall–Kier alpha value is -3.36. The summed E-state index contributed by atoms with van der Waals surface area (Å²) in [6.45, 7) is 0. The molecule has 0 fully saturated rings. The van der Waals surface area contributed by atoms with E-state index < -0.39 is 0 Å². The van der Waals surface area contributed by atoms with E-state index in [-0.39, 0.29) is 0 Å². The molecule has 0 amide bonds. The van der Waals surface area contributed by atoms with Crippen LogP contribution in [0.2, 0.25) is 0 Å². The van der Waals surface area contributed by atoms with E-state index in [2.05, 4.69) is 12.1 Å². The fourth-order valence-electron chi connectivity index (χ4n) is 2.45. The lowest BCUT2D eigenvalue weighted by atomic mass is 9.92. The molecule has 0 saturated carbocycles. The monoisotopic (exact) mass is 280 g/mol. The van der Waals surface area contributed by atoms with Gasteiger partial charge in [0.25, 0.3) is 0 Å². The maximum Gasteiger partial charge on any atom is 0.0991 e. The van der Waals surface area contributed by atoms with Crippen molar-refractivity contribution in [1.29, 1.82) is 10.5 Å². The van der Waals surface area contributed by atoms with Crippen molar-refractivity contribution in [3.05, 3.63) is 83.9 Å². The van der Waals surface area contributed by atoms with Crippen molar-refractivity contribution in [3.63, 3.8) is 0 Å². The van der Waals surface area contributed by atoms with Crippen molar-refractivity contribution in [2.45, 2.75) is 0 Å². The summed E-state index contributed by atoms with van der Waals surface area (Å²) in [6.07, 6.45) is 0. The van der Waals surface area contributed by atoms with Crippen LogP contribution in [0, 0.1) is 22.7 Å². The Balaban J connectivity index is 2.19. The first-order chi connectivity index (χ1) is 10.8. The first-order valence-corrected chi connectivity index (χ1v) is 6.92. The van der Waals surface area contributed by atoms with Crippen molar-refractivity contribution in [2.24, 2.45) is 0 Å². The average molecular weight is 280 g/mol. The SMILES string of the molecule is N#Cc1ccc(-c2ccc(C#N)cc2-c2ccccc2)cc1. The normalized spacial score (nSPS) is 9.73. The van der Waals surface area contributed by atoms with E-state index >= 15 is 0 Å². The molecule has 102 valence electrons. The van der Waals surface area contributed by atoms with Crippen LogP contribution in [0.4, 0.5) is 0 Å². The predicted molar refractivity (Wildman–Crippen MR) is 86.7 cm³/mol. The highest BCUT2D eigenvalue weighted by atomic mass is 14.2. The van der Waals surface area contributed by atoms with Crippen molar-refractivity contribution < 1.29 is 0 Å². The number of nitrogens with zero attached hydrogens (tertiary/aromatic N) is 2. The van der Waals surface area contributed by atoms with E-state index in [0.29, 0.717) is 11.1 Å². The van der Waals surface area contributed by atoms with Gasteiger partial charge in [0.2, 0.25) is 0 Å². The second-order valence-electron chi connectivity index (χ2n) is 4.93. The van der Waals surface area contributed by atoms with Crippen LogP contribution in [0.3, 0.4) is 0 Å². The fraction of sp³-hybridized carbons (Fsp3) is 0. The Labute approximate surface area is 129 Å². The third-order valence-corrected chi connectivity index (χ3v) is 3.56. The Morgan fingerprint density at radius 3 is 1.77 bits per heavy atom. The number of hydrogen-bond donors (Lipinski definition) is 0. The predicted octanol–water partition coefficient (Wildman–Crippen LogP) is 4.76. The van der Waals surface area contributed by atoms with Gasteiger partial charge in [-0.2, -0.15) is 10.5 Å². The molecule has 3 rings (SSSR count). The van der Waals surface area contributed by atoms with Crippen molar-refractivity contribution in [2.75, 3.05) is 0 Å². The van der Waals surface area contributed by atoms with Crippen molar-refractivity contribution in [3.8, 4) is 34.4 Å². The number of rotatable bonds is 2. The van der Waals surface area contributed by atoms with Gasteiger partial charge in [-0.1, -0.05) is 48.5 Å². The summed E-state index contributed by atoms with van der Waals surface area (Å²) in [6, 6.07) is 27.5. The van der Waals surface area contributed by atoms with Gasteiger partial charge in [0, 0.05) is 0 Å². The molecule has 0 aliphatic heterocycles. The molecule has 0 aliphatic carbocycles. The van der Waals surface area contributed by atoms with Gasteiger partial charge in [-0.25, -0.2) is 0 Å². The molecular formula is C20H12N2. The van der Waals surface area contributed by atoms with Crippen LogP contribution >= 0.6 is 0 Å². The van der Waals surface area contributed by atoms with E-state index in [1.165, 1.54) is 0 Å². The summed E-state index contributed by atoms with van der Waals surface area (Å²) >= 11 is 0. The Bertz CT molecular complexity index is 880. The lowest BCUT2D eigenvalue weighted by molar-refractivity contribution is 1.47. The lowest BCUT2D eigenvalue weighted by Crippen LogP contribution is -1.87. The molecule has 0 spiro atoms. The summed E-state index contributed by atoms with van der Waals surface area (Å²) in [4.78, 5) is 0. The summed E-state index contributed by atoms with van der Waals surface area (Å²) in [5.74, 6) is 0. The van der Waals surface area contributed by atoms with Crippen LogP contribution in [0.5, 0.6) is 0 Å². The lowest BCUT2D eigenvalue weighted by Gasteiger charge is -2.11. The van der Waals surface area contributed by atoms with Crippen LogP contribution in [0.25, 0.3) is 22.3 Å². The summed E-state index contributed by atoms with van der Waals surface area (Å²) in [5, 5.41) is 18.1. The van der Waals surface area contributed by atoms with Gasteiger partial charge in [0.1, 0.15) is 0 Å². The van der Waals surface area contributed by atoms with Crippen molar-refractivity contribution >= 4 is 0 Å². The van der Waals surface area contributed by atoms with Crippen molar-refractivity contribution in [1.82, 2.24) is 0 Å². The molecule has 3 aromatic rings. The van der Waals surface area contributed by atoms with Gasteiger partial charge in [0.15, 0.2) is 0 Å². The molecule has 0 radical (unpaired) electrons. The van der Waals surface area contributed by atoms with Crippen LogP contribution in [-0.4, -0.2) is 0 Å². The minimum absolute atomic E-state index is 0.635. The maximum absolute atomic E-state index is 9.15. The molecule has 0 heterocycles. The molecule has 0 bridgehead atoms. The van der Waals surface area contributed by atoms with E-state index in [0.717, 1.165) is 22.3 Å². The van der Waals surface area contributed by atoms with Gasteiger partial charge in [-0.05, 0) is 46.5 Å². The molecular weight excluding hydrogens is 268 g/mol. The smallest absolute Gasteiger partial charge is 0.0991 e. The van der Waals surface area contributed by atoms with Crippen LogP contribution in [-0.2, 0) is 0 Å². The third-order valence-electron chi connectivity index (χ3n) is 3.56. The second kappa shape index (κ2) is 5.95.